The molecule has 2 aromatic rings. The molecule has 0 aliphatic carbocycles. The van der Waals surface area contributed by atoms with Crippen LogP contribution in [0.3, 0.4) is 0 Å². The molecule has 8 nitrogen and oxygen atoms in total. The van der Waals surface area contributed by atoms with Gasteiger partial charge >= 0.3 is 5.97 Å². The van der Waals surface area contributed by atoms with Gasteiger partial charge in [0.15, 0.2) is 11.5 Å². The topological polar surface area (TPSA) is 130 Å². The van der Waals surface area contributed by atoms with Crippen molar-refractivity contribution in [2.45, 2.75) is 97.4 Å². The minimum Gasteiger partial charge on any atom is -0.457 e. The molecule has 1 aliphatic heterocycles. The van der Waals surface area contributed by atoms with Crippen LogP contribution < -0.4 is 0 Å². The van der Waals surface area contributed by atoms with Gasteiger partial charge in [0.2, 0.25) is 0 Å². The number of rotatable bonds is 5. The van der Waals surface area contributed by atoms with Crippen molar-refractivity contribution in [2.75, 3.05) is 6.61 Å². The number of ketones is 1. The second-order valence-corrected chi connectivity index (χ2v) is 11.6. The molecule has 0 saturated carbocycles. The zero-order valence-corrected chi connectivity index (χ0v) is 24.1. The number of ether oxygens (including phenoxy) is 1. The van der Waals surface area contributed by atoms with Crippen molar-refractivity contribution >= 4 is 22.9 Å². The van der Waals surface area contributed by atoms with Gasteiger partial charge in [-0.15, -0.1) is 12.3 Å². The minimum absolute atomic E-state index is 0.0758. The Morgan fingerprint density at radius 2 is 1.98 bits per heavy atom. The molecule has 0 saturated heterocycles. The van der Waals surface area contributed by atoms with Gasteiger partial charge in [0.05, 0.1) is 30.7 Å². The number of oxazole rings is 1. The number of nitrogens with zero attached hydrogens (tertiary/aromatic N) is 1. The monoisotopic (exact) mass is 553 g/mol. The molecule has 1 aromatic carbocycles. The van der Waals surface area contributed by atoms with E-state index in [4.69, 9.17) is 15.6 Å². The Morgan fingerprint density at radius 1 is 1.23 bits per heavy atom. The molecule has 0 unspecified atom stereocenters. The molecular formula is C32H43NO7. The minimum atomic E-state index is -1.31. The summed E-state index contributed by atoms with van der Waals surface area (Å²) in [6.07, 6.45) is 8.03. The fourth-order valence-electron chi connectivity index (χ4n) is 5.29. The number of terminal acetylenes is 1. The lowest BCUT2D eigenvalue weighted by atomic mass is 9.71. The van der Waals surface area contributed by atoms with Crippen molar-refractivity contribution < 1.29 is 34.1 Å². The van der Waals surface area contributed by atoms with E-state index < -0.39 is 35.6 Å². The van der Waals surface area contributed by atoms with E-state index in [2.05, 4.69) is 17.0 Å². The van der Waals surface area contributed by atoms with Gasteiger partial charge in [0.25, 0.3) is 0 Å². The summed E-state index contributed by atoms with van der Waals surface area (Å²) in [7, 11) is 0. The van der Waals surface area contributed by atoms with E-state index in [0.29, 0.717) is 42.7 Å². The van der Waals surface area contributed by atoms with E-state index in [1.165, 1.54) is 0 Å². The summed E-state index contributed by atoms with van der Waals surface area (Å²) in [5.41, 5.74) is 1.73. The van der Waals surface area contributed by atoms with Gasteiger partial charge in [-0.2, -0.15) is 0 Å². The van der Waals surface area contributed by atoms with Crippen LogP contribution in [0.4, 0.5) is 0 Å². The van der Waals surface area contributed by atoms with Gasteiger partial charge in [-0.1, -0.05) is 38.5 Å². The smallest absolute Gasteiger partial charge is 0.309 e. The molecular weight excluding hydrogens is 510 g/mol. The van der Waals surface area contributed by atoms with Crippen molar-refractivity contribution in [2.24, 2.45) is 17.3 Å². The summed E-state index contributed by atoms with van der Waals surface area (Å²) in [6.45, 7) is 7.08. The van der Waals surface area contributed by atoms with Crippen molar-refractivity contribution in [1.29, 1.82) is 0 Å². The first kappa shape index (κ1) is 31.5. The Bertz CT molecular complexity index is 1240. The highest BCUT2D eigenvalue weighted by atomic mass is 16.5. The van der Waals surface area contributed by atoms with Crippen LogP contribution in [0.15, 0.2) is 34.3 Å². The highest BCUT2D eigenvalue weighted by Gasteiger charge is 2.43. The van der Waals surface area contributed by atoms with Gasteiger partial charge in [-0.25, -0.2) is 4.98 Å². The summed E-state index contributed by atoms with van der Waals surface area (Å²) >= 11 is 0. The van der Waals surface area contributed by atoms with Gasteiger partial charge < -0.3 is 24.5 Å². The van der Waals surface area contributed by atoms with Crippen molar-refractivity contribution in [3.63, 3.8) is 0 Å². The predicted octanol–water partition coefficient (Wildman–Crippen LogP) is 4.84. The molecule has 2 heterocycles. The zero-order valence-electron chi connectivity index (χ0n) is 24.1. The summed E-state index contributed by atoms with van der Waals surface area (Å²) in [5, 5.41) is 31.4. The number of cyclic esters (lactones) is 1. The predicted molar refractivity (Wildman–Crippen MR) is 152 cm³/mol. The van der Waals surface area contributed by atoms with Crippen LogP contribution in [-0.2, 0) is 20.7 Å². The molecule has 0 amide bonds. The lowest BCUT2D eigenvalue weighted by Crippen LogP contribution is -2.46. The number of fused-ring (bicyclic) bond motifs is 1. The normalized spacial score (nSPS) is 28.4. The molecule has 0 spiro atoms. The number of allylic oxidation sites excluding steroid dienone is 1. The van der Waals surface area contributed by atoms with Gasteiger partial charge in [0.1, 0.15) is 17.4 Å². The Morgan fingerprint density at radius 3 is 2.67 bits per heavy atom. The summed E-state index contributed by atoms with van der Waals surface area (Å²) in [4.78, 5) is 31.2. The van der Waals surface area contributed by atoms with E-state index in [-0.39, 0.29) is 24.7 Å². The summed E-state index contributed by atoms with van der Waals surface area (Å²) < 4.78 is 11.5. The largest absolute Gasteiger partial charge is 0.457 e. The maximum Gasteiger partial charge on any atom is 0.309 e. The third-order valence-corrected chi connectivity index (χ3v) is 8.10. The number of hydrogen-bond acceptors (Lipinski definition) is 8. The molecule has 1 aliphatic rings. The molecule has 40 heavy (non-hydrogen) atoms. The van der Waals surface area contributed by atoms with E-state index in [9.17, 15) is 24.9 Å². The van der Waals surface area contributed by atoms with E-state index >= 15 is 0 Å². The fourth-order valence-corrected chi connectivity index (χ4v) is 5.29. The standard InChI is InChI=1S/C32H43NO7/c1-6-7-11-23-30(37)21(3)10-8-9-20(2)12-14-25(40-29(36)19-27(35)32(4,5)31(23)38)22-13-15-26-24(18-22)33-28(39-26)16-17-34/h1,12-13,15,18,21,23,25,27,30,34-35,37H,7-11,14,16-17,19H2,2-5H3/b20-12-/t21-,23+,25-,27-,30-/m0/s1. The third-order valence-electron chi connectivity index (χ3n) is 8.10. The Hall–Kier alpha value is -2.99. The summed E-state index contributed by atoms with van der Waals surface area (Å²) in [5.74, 6) is 1.16. The van der Waals surface area contributed by atoms with E-state index in [1.807, 2.05) is 26.0 Å². The number of carbonyl (C=O) groups is 2. The fraction of sp³-hybridized carbons (Fsp3) is 0.594. The second kappa shape index (κ2) is 14.1. The van der Waals surface area contributed by atoms with Gasteiger partial charge in [-0.3, -0.25) is 9.59 Å². The third kappa shape index (κ3) is 7.81. The maximum absolute atomic E-state index is 13.7. The van der Waals surface area contributed by atoms with E-state index in [1.54, 1.807) is 19.9 Å². The molecule has 0 fully saturated rings. The maximum atomic E-state index is 13.7. The molecule has 0 radical (unpaired) electrons. The van der Waals surface area contributed by atoms with Crippen LogP contribution in [0.1, 0.15) is 90.2 Å². The van der Waals surface area contributed by atoms with Crippen molar-refractivity contribution in [1.82, 2.24) is 4.98 Å². The molecule has 3 rings (SSSR count). The molecule has 0 bridgehead atoms. The zero-order chi connectivity index (χ0) is 29.4. The highest BCUT2D eigenvalue weighted by molar-refractivity contribution is 5.88. The Kier molecular flexibility index (Phi) is 11.1. The van der Waals surface area contributed by atoms with Crippen LogP contribution in [0.2, 0.25) is 0 Å². The highest BCUT2D eigenvalue weighted by Crippen LogP contribution is 2.35. The van der Waals surface area contributed by atoms with Gasteiger partial charge in [-0.05, 0) is 56.2 Å². The van der Waals surface area contributed by atoms with Crippen LogP contribution in [-0.4, -0.2) is 50.9 Å². The van der Waals surface area contributed by atoms with E-state index in [0.717, 1.165) is 30.4 Å². The lowest BCUT2D eigenvalue weighted by Gasteiger charge is -2.36. The SMILES string of the molecule is C#CCC[C@H]1C(=O)C(C)(C)[C@@H](O)CC(=O)O[C@H](c2ccc3oc(CCO)nc3c2)C/C=C(/C)CCC[C@H](C)[C@@H]1O. The average molecular weight is 554 g/mol. The second-order valence-electron chi connectivity index (χ2n) is 11.6. The molecule has 1 aromatic heterocycles. The number of aliphatic hydroxyl groups excluding tert-OH is 3. The first-order chi connectivity index (χ1) is 19.0. The number of Topliss-reactive ketones (excluding diaryl/α,β-unsaturated/α-hetero) is 1. The molecule has 5 atom stereocenters. The number of carbonyl (C=O) groups excluding carboxylic acids is 2. The number of hydrogen-bond donors (Lipinski definition) is 3. The first-order valence-electron chi connectivity index (χ1n) is 14.2. The quantitative estimate of drug-likeness (QED) is 0.272. The van der Waals surface area contributed by atoms with Crippen LogP contribution in [0, 0.1) is 29.6 Å². The first-order valence-corrected chi connectivity index (χ1v) is 14.2. The Balaban J connectivity index is 1.92. The van der Waals surface area contributed by atoms with Crippen LogP contribution in [0.25, 0.3) is 11.1 Å². The van der Waals surface area contributed by atoms with Crippen LogP contribution >= 0.6 is 0 Å². The summed E-state index contributed by atoms with van der Waals surface area (Å²) in [6, 6.07) is 5.39. The Labute approximate surface area is 236 Å². The van der Waals surface area contributed by atoms with Crippen LogP contribution in [0.5, 0.6) is 0 Å². The number of aliphatic hydroxyl groups is 3. The molecule has 218 valence electrons. The average Bonchev–Trinajstić information content (AvgIpc) is 3.32. The number of aromatic nitrogens is 1. The number of esters is 1. The molecule has 8 heteroatoms. The van der Waals surface area contributed by atoms with Crippen molar-refractivity contribution in [3.8, 4) is 12.3 Å². The molecule has 3 N–H and O–H groups in total. The lowest BCUT2D eigenvalue weighted by molar-refractivity contribution is -0.156. The number of benzene rings is 1. The van der Waals surface area contributed by atoms with Gasteiger partial charge in [0, 0.05) is 25.2 Å². The van der Waals surface area contributed by atoms with Crippen molar-refractivity contribution in [3.05, 3.63) is 41.3 Å².